The summed E-state index contributed by atoms with van der Waals surface area (Å²) in [6.45, 7) is 24.5. The number of rotatable bonds is 10. The fourth-order valence-corrected chi connectivity index (χ4v) is 8.98. The van der Waals surface area contributed by atoms with Gasteiger partial charge in [-0.1, -0.05) is 39.0 Å². The number of fused-ring (bicyclic) bond motifs is 13. The van der Waals surface area contributed by atoms with Crippen molar-refractivity contribution in [1.29, 1.82) is 0 Å². The average molecular weight is 1250 g/mol. The number of carbonyl (C=O) groups is 10. The lowest BCUT2D eigenvalue weighted by Gasteiger charge is -2.21. The predicted molar refractivity (Wildman–Crippen MR) is 309 cm³/mol. The van der Waals surface area contributed by atoms with Crippen LogP contribution in [-0.4, -0.2) is 125 Å². The van der Waals surface area contributed by atoms with Crippen LogP contribution < -0.4 is 53.6 Å². The average Bonchev–Trinajstić information content (AvgIpc) is 2.95. The summed E-state index contributed by atoms with van der Waals surface area (Å²) in [5.41, 5.74) is 0.510. The van der Waals surface area contributed by atoms with Crippen molar-refractivity contribution in [1.82, 2.24) is 77.8 Å². The minimum absolute atomic E-state index is 0.00328. The maximum atomic E-state index is 14.0. The van der Waals surface area contributed by atoms with Crippen LogP contribution in [0.15, 0.2) is 110 Å². The molecule has 1 aliphatic rings. The Hall–Kier alpha value is -11.2. The first-order valence-corrected chi connectivity index (χ1v) is 27.0. The number of thiazole rings is 2. The van der Waals surface area contributed by atoms with Crippen LogP contribution in [0.5, 0.6) is 0 Å². The molecule has 0 aromatic carbocycles. The molecule has 0 spiro atoms. The Morgan fingerprint density at radius 1 is 0.682 bits per heavy atom. The summed E-state index contributed by atoms with van der Waals surface area (Å²) in [5, 5.41) is 45.2. The van der Waals surface area contributed by atoms with Gasteiger partial charge in [-0.25, -0.2) is 29.9 Å². The molecule has 10 bridgehead atoms. The van der Waals surface area contributed by atoms with Gasteiger partial charge in [-0.2, -0.15) is 0 Å². The second-order valence-corrected chi connectivity index (χ2v) is 20.1. The summed E-state index contributed by atoms with van der Waals surface area (Å²) in [6.07, 6.45) is -0.570. The number of nitrogens with two attached hydrogens (primary N) is 1. The number of primary amides is 1. The van der Waals surface area contributed by atoms with E-state index in [0.29, 0.717) is 0 Å². The molecular formula is C54H52N16O16S2. The van der Waals surface area contributed by atoms with Gasteiger partial charge in [0.15, 0.2) is 17.6 Å². The number of aliphatic hydroxyl groups is 2. The number of hydrogen-bond donors (Lipinski definition) is 12. The van der Waals surface area contributed by atoms with E-state index >= 15 is 0 Å². The van der Waals surface area contributed by atoms with Crippen molar-refractivity contribution < 1.29 is 76.1 Å². The number of oxazole rings is 3. The summed E-state index contributed by atoms with van der Waals surface area (Å²) < 4.78 is 22.7. The second kappa shape index (κ2) is 27.2. The lowest BCUT2D eigenvalue weighted by Crippen LogP contribution is -2.52. The first-order valence-electron chi connectivity index (χ1n) is 25.2. The molecular weight excluding hydrogens is 1190 g/mol. The quantitative estimate of drug-likeness (QED) is 0.0855. The molecule has 0 aliphatic carbocycles. The van der Waals surface area contributed by atoms with E-state index in [1.807, 2.05) is 5.32 Å². The topological polar surface area (TPSA) is 471 Å². The maximum Gasteiger partial charge on any atom is 0.278 e. The zero-order chi connectivity index (χ0) is 64.6. The highest BCUT2D eigenvalue weighted by Crippen LogP contribution is 2.34. The molecule has 7 rings (SSSR count). The monoisotopic (exact) mass is 1240 g/mol. The molecule has 34 heteroatoms. The molecule has 7 heterocycles. The summed E-state index contributed by atoms with van der Waals surface area (Å²) in [5.74, 6) is -11.1. The van der Waals surface area contributed by atoms with Gasteiger partial charge in [0.05, 0.1) is 40.7 Å². The number of pyridine rings is 1. The van der Waals surface area contributed by atoms with Gasteiger partial charge in [0.2, 0.25) is 23.6 Å². The van der Waals surface area contributed by atoms with E-state index < -0.39 is 112 Å². The number of aromatic nitrogens is 6. The molecule has 32 nitrogen and oxygen atoms in total. The van der Waals surface area contributed by atoms with E-state index in [0.717, 1.165) is 35.0 Å². The van der Waals surface area contributed by atoms with Crippen molar-refractivity contribution in [3.63, 3.8) is 0 Å². The number of ether oxygens (including phenoxy) is 1. The normalized spacial score (nSPS) is 17.0. The molecule has 88 heavy (non-hydrogen) atoms. The molecule has 0 saturated carbocycles. The molecule has 0 radical (unpaired) electrons. The summed E-state index contributed by atoms with van der Waals surface area (Å²) in [4.78, 5) is 159. The number of amides is 10. The van der Waals surface area contributed by atoms with Crippen molar-refractivity contribution in [3.8, 4) is 22.0 Å². The van der Waals surface area contributed by atoms with Crippen molar-refractivity contribution in [2.45, 2.75) is 59.1 Å². The Balaban J connectivity index is 1.23. The standard InChI is InChI=1S/C54H52N16O16S2/c1-12-29-50-68-36(26(9)85-50)47(81)59-23(6)42(76)60-24(7)49-64-32(16-84-49)38-28(13-14-30(61-38)43(77)58-22(5)41(75)57-21(4)40(74)56-20(3)39(55)73)53-65-34(17-87-53)45(79)67-35(25(8)72)46(80)63-31(15-19(2)71)51-69-37(27(10)86-51)48(82)70-52(83-11)54-66-33(18-88-54)44(78)62-29/h12-19,25,35,52,71-72H,3-7H2,1-2,8-11H3,(H2,55,73)(H,56,74)(H,57,75)(H,58,77)(H,59,81)(H,60,76)(H,62,78)(H,63,80)(H,67,79)(H,70,82)/b29-12-,31-15+. The number of carbonyl (C=O) groups excluding carboxylic acids is 10. The number of nitrogens with one attached hydrogen (secondary N) is 9. The first kappa shape index (κ1) is 64.4. The van der Waals surface area contributed by atoms with Crippen LogP contribution in [0.4, 0.5) is 0 Å². The Labute approximate surface area is 504 Å². The minimum Gasteiger partial charge on any atom is -0.443 e. The number of aliphatic hydroxyl groups excluding tert-OH is 2. The van der Waals surface area contributed by atoms with E-state index in [1.54, 1.807) is 6.92 Å². The van der Waals surface area contributed by atoms with E-state index in [4.69, 9.17) is 23.7 Å². The highest BCUT2D eigenvalue weighted by molar-refractivity contribution is 7.13. The number of methoxy groups -OCH3 is 1. The van der Waals surface area contributed by atoms with Gasteiger partial charge in [-0.15, -0.1) is 22.7 Å². The summed E-state index contributed by atoms with van der Waals surface area (Å²) in [6, 6.07) is 0.772. The molecule has 13 N–H and O–H groups in total. The smallest absolute Gasteiger partial charge is 0.278 e. The van der Waals surface area contributed by atoms with Gasteiger partial charge in [-0.3, -0.25) is 47.9 Å². The van der Waals surface area contributed by atoms with Crippen LogP contribution >= 0.6 is 22.7 Å². The summed E-state index contributed by atoms with van der Waals surface area (Å²) >= 11 is 1.80. The molecule has 10 amide bonds. The van der Waals surface area contributed by atoms with E-state index in [-0.39, 0.29) is 96.0 Å². The van der Waals surface area contributed by atoms with Crippen LogP contribution in [0.25, 0.3) is 39.1 Å². The van der Waals surface area contributed by atoms with Crippen molar-refractivity contribution in [2.75, 3.05) is 7.11 Å². The fourth-order valence-electron chi connectivity index (χ4n) is 7.34. The second-order valence-electron chi connectivity index (χ2n) is 18.4. The number of hydrogen-bond acceptors (Lipinski definition) is 24. The molecule has 0 fully saturated rings. The van der Waals surface area contributed by atoms with Crippen LogP contribution in [0.2, 0.25) is 0 Å². The first-order chi connectivity index (χ1) is 41.6. The fraction of sp³-hybridized carbons (Fsp3) is 0.185. The predicted octanol–water partition coefficient (Wildman–Crippen LogP) is 1.13. The van der Waals surface area contributed by atoms with E-state index in [2.05, 4.69) is 105 Å². The Morgan fingerprint density at radius 3 is 1.91 bits per heavy atom. The van der Waals surface area contributed by atoms with Gasteiger partial charge in [-0.05, 0) is 52.8 Å². The van der Waals surface area contributed by atoms with Crippen molar-refractivity contribution in [2.24, 2.45) is 5.73 Å². The Bertz CT molecular complexity index is 4030. The van der Waals surface area contributed by atoms with Crippen LogP contribution in [0, 0.1) is 13.8 Å². The molecule has 6 aromatic heterocycles. The zero-order valence-corrected chi connectivity index (χ0v) is 48.7. The highest BCUT2D eigenvalue weighted by atomic mass is 32.1. The van der Waals surface area contributed by atoms with E-state index in [1.165, 1.54) is 63.8 Å². The highest BCUT2D eigenvalue weighted by Gasteiger charge is 2.32. The van der Waals surface area contributed by atoms with Gasteiger partial charge < -0.3 is 81.8 Å². The van der Waals surface area contributed by atoms with Crippen LogP contribution in [0.3, 0.4) is 0 Å². The van der Waals surface area contributed by atoms with Crippen molar-refractivity contribution in [3.05, 3.63) is 160 Å². The molecule has 4 unspecified atom stereocenters. The molecule has 4 atom stereocenters. The Kier molecular flexibility index (Phi) is 19.9. The third-order valence-electron chi connectivity index (χ3n) is 11.8. The third-order valence-corrected chi connectivity index (χ3v) is 13.5. The molecule has 0 saturated heterocycles. The van der Waals surface area contributed by atoms with Crippen LogP contribution in [-0.2, 0) is 28.7 Å². The summed E-state index contributed by atoms with van der Waals surface area (Å²) in [7, 11) is 1.25. The van der Waals surface area contributed by atoms with Gasteiger partial charge in [0.1, 0.15) is 73.7 Å². The van der Waals surface area contributed by atoms with Crippen LogP contribution in [0.1, 0.15) is 114 Å². The maximum absolute atomic E-state index is 14.0. The zero-order valence-electron chi connectivity index (χ0n) is 47.1. The number of allylic oxidation sites excluding steroid dienone is 1. The van der Waals surface area contributed by atoms with Gasteiger partial charge in [0, 0.05) is 23.4 Å². The van der Waals surface area contributed by atoms with E-state index in [9.17, 15) is 58.2 Å². The SMILES string of the molecule is C=C(NC(=O)C(=C)NC(=O)C(=C)NC(=O)c1ccc2c(n1)-c1coc(n1)C(=C)NC(=O)C(=C)NC(=O)c1nc(oc1C)/C(=C/C)NC(=O)c1csc(n1)C(OC)NC(=O)c1nc(oc1C)/C(=C\C(C)O)NC(=O)C(C(C)O)NC(=O)c1csc-2n1)C(N)=O. The third kappa shape index (κ3) is 15.0. The number of aryl methyl sites for hydroxylation is 2. The lowest BCUT2D eigenvalue weighted by molar-refractivity contribution is -0.124. The molecule has 456 valence electrons. The van der Waals surface area contributed by atoms with Gasteiger partial charge in [0.25, 0.3) is 53.2 Å². The number of nitrogens with zero attached hydrogens (tertiary/aromatic N) is 6. The molecule has 1 aliphatic heterocycles. The lowest BCUT2D eigenvalue weighted by atomic mass is 10.1. The van der Waals surface area contributed by atoms with Crippen molar-refractivity contribution >= 4 is 98.8 Å². The molecule has 6 aromatic rings. The Morgan fingerprint density at radius 2 is 1.28 bits per heavy atom. The minimum atomic E-state index is -1.74. The van der Waals surface area contributed by atoms with Gasteiger partial charge >= 0.3 is 0 Å². The largest absolute Gasteiger partial charge is 0.443 e.